The van der Waals surface area contributed by atoms with Crippen LogP contribution in [0.25, 0.3) is 11.3 Å². The Balaban J connectivity index is 1.88. The summed E-state index contributed by atoms with van der Waals surface area (Å²) < 4.78 is 26.4. The zero-order valence-corrected chi connectivity index (χ0v) is 18.2. The van der Waals surface area contributed by atoms with E-state index in [1.807, 2.05) is 24.1 Å². The molecule has 170 valence electrons. The fourth-order valence-electron chi connectivity index (χ4n) is 3.58. The molecule has 1 atom stereocenters. The Morgan fingerprint density at radius 2 is 2.03 bits per heavy atom. The van der Waals surface area contributed by atoms with Gasteiger partial charge in [-0.05, 0) is 44.2 Å². The quantitative estimate of drug-likeness (QED) is 0.524. The summed E-state index contributed by atoms with van der Waals surface area (Å²) in [4.78, 5) is 15.3. The second-order valence-electron chi connectivity index (χ2n) is 8.00. The number of aliphatic hydroxyl groups is 1. The number of hydrogen-bond donors (Lipinski definition) is 3. The Kier molecular flexibility index (Phi) is 8.34. The number of anilines is 3. The number of aliphatic hydroxyl groups excluding tert-OH is 1. The maximum Gasteiger partial charge on any atom is 0.224 e. The van der Waals surface area contributed by atoms with Gasteiger partial charge in [0.15, 0.2) is 0 Å². The Bertz CT molecular complexity index is 831. The fraction of sp³-hybridized carbons (Fsp3) is 0.591. The van der Waals surface area contributed by atoms with Gasteiger partial charge in [-0.15, -0.1) is 0 Å². The number of pyridine rings is 1. The second kappa shape index (κ2) is 11.2. The number of halogens is 2. The maximum atomic E-state index is 13.7. The van der Waals surface area contributed by atoms with E-state index >= 15 is 0 Å². The first kappa shape index (κ1) is 23.1. The highest BCUT2D eigenvalue weighted by molar-refractivity contribution is 5.75. The summed E-state index contributed by atoms with van der Waals surface area (Å²) in [7, 11) is 1.83. The molecule has 1 aliphatic rings. The molecule has 3 N–H and O–H groups in total. The lowest BCUT2D eigenvalue weighted by Crippen LogP contribution is -2.29. The molecule has 0 bridgehead atoms. The van der Waals surface area contributed by atoms with E-state index in [0.29, 0.717) is 30.4 Å². The molecular weight excluding hydrogens is 402 g/mol. The van der Waals surface area contributed by atoms with E-state index < -0.39 is 12.8 Å². The molecule has 0 spiro atoms. The van der Waals surface area contributed by atoms with Crippen LogP contribution < -0.4 is 15.5 Å². The lowest BCUT2D eigenvalue weighted by Gasteiger charge is -2.27. The molecule has 1 fully saturated rings. The normalized spacial score (nSPS) is 19.6. The maximum absolute atomic E-state index is 13.7. The summed E-state index contributed by atoms with van der Waals surface area (Å²) in [6.45, 7) is 1.79. The Morgan fingerprint density at radius 3 is 2.74 bits per heavy atom. The average molecular weight is 435 g/mol. The van der Waals surface area contributed by atoms with Crippen molar-refractivity contribution in [2.24, 2.45) is 0 Å². The molecule has 0 saturated heterocycles. The molecule has 2 heterocycles. The monoisotopic (exact) mass is 434 g/mol. The number of nitrogens with one attached hydrogen (secondary N) is 2. The lowest BCUT2D eigenvalue weighted by molar-refractivity contribution is 0.126. The van der Waals surface area contributed by atoms with Gasteiger partial charge in [0, 0.05) is 44.3 Å². The molecule has 0 aliphatic heterocycles. The Labute approximate surface area is 182 Å². The van der Waals surface area contributed by atoms with Crippen LogP contribution in [0.15, 0.2) is 24.5 Å². The second-order valence-corrected chi connectivity index (χ2v) is 8.00. The van der Waals surface area contributed by atoms with E-state index in [1.54, 1.807) is 19.3 Å². The average Bonchev–Trinajstić information content (AvgIpc) is 2.79. The first-order chi connectivity index (χ1) is 15.0. The highest BCUT2D eigenvalue weighted by atomic mass is 19.1. The van der Waals surface area contributed by atoms with Crippen molar-refractivity contribution < 1.29 is 13.9 Å². The van der Waals surface area contributed by atoms with Crippen molar-refractivity contribution in [1.82, 2.24) is 15.0 Å². The van der Waals surface area contributed by atoms with Crippen LogP contribution in [-0.2, 0) is 0 Å². The molecule has 2 aromatic heterocycles. The number of aromatic nitrogens is 3. The van der Waals surface area contributed by atoms with Crippen molar-refractivity contribution in [3.8, 4) is 11.3 Å². The van der Waals surface area contributed by atoms with Crippen molar-refractivity contribution in [2.75, 3.05) is 42.3 Å². The molecule has 0 unspecified atom stereocenters. The van der Waals surface area contributed by atoms with Crippen LogP contribution in [0.5, 0.6) is 0 Å². The van der Waals surface area contributed by atoms with Crippen LogP contribution >= 0.6 is 0 Å². The largest absolute Gasteiger partial charge is 0.393 e. The molecule has 1 aliphatic carbocycles. The van der Waals surface area contributed by atoms with Crippen molar-refractivity contribution >= 4 is 17.5 Å². The third-order valence-corrected chi connectivity index (χ3v) is 5.63. The summed E-state index contributed by atoms with van der Waals surface area (Å²) >= 11 is 0. The van der Waals surface area contributed by atoms with Gasteiger partial charge in [-0.2, -0.15) is 4.98 Å². The van der Waals surface area contributed by atoms with E-state index in [-0.39, 0.29) is 18.7 Å². The fourth-order valence-corrected chi connectivity index (χ4v) is 3.58. The standard InChI is InChI=1S/C22H32F2N6O/c1-3-15(24)13-26-22-27-14-19(20-12-17(8-10-25-20)30(2)11-9-23)21(29-22)28-16-4-6-18(31)7-5-16/h8,10,12,14-16,18,31H,3-7,9,11,13H2,1-2H3,(H2,26,27,28,29)/t15-,16?,18?/m0/s1. The van der Waals surface area contributed by atoms with E-state index in [1.165, 1.54) is 0 Å². The molecule has 9 heteroatoms. The van der Waals surface area contributed by atoms with Crippen LogP contribution in [0.1, 0.15) is 39.0 Å². The van der Waals surface area contributed by atoms with Gasteiger partial charge in [-0.3, -0.25) is 4.98 Å². The predicted octanol–water partition coefficient (Wildman–Crippen LogP) is 3.82. The SMILES string of the molecule is CC[C@H](F)CNc1ncc(-c2cc(N(C)CCF)ccn2)c(NC2CCC(O)CC2)n1. The van der Waals surface area contributed by atoms with Gasteiger partial charge < -0.3 is 20.6 Å². The van der Waals surface area contributed by atoms with Crippen LogP contribution in [0.4, 0.5) is 26.2 Å². The van der Waals surface area contributed by atoms with Crippen molar-refractivity contribution in [3.63, 3.8) is 0 Å². The van der Waals surface area contributed by atoms with Crippen molar-refractivity contribution in [3.05, 3.63) is 24.5 Å². The molecule has 0 aromatic carbocycles. The molecule has 0 radical (unpaired) electrons. The molecule has 2 aromatic rings. The molecule has 7 nitrogen and oxygen atoms in total. The Morgan fingerprint density at radius 1 is 1.26 bits per heavy atom. The van der Waals surface area contributed by atoms with Gasteiger partial charge in [0.2, 0.25) is 5.95 Å². The van der Waals surface area contributed by atoms with Gasteiger partial charge in [0.25, 0.3) is 0 Å². The van der Waals surface area contributed by atoms with Crippen molar-refractivity contribution in [1.29, 1.82) is 0 Å². The third kappa shape index (κ3) is 6.46. The minimum atomic E-state index is -0.969. The predicted molar refractivity (Wildman–Crippen MR) is 120 cm³/mol. The zero-order valence-electron chi connectivity index (χ0n) is 18.2. The van der Waals surface area contributed by atoms with Crippen LogP contribution in [0.2, 0.25) is 0 Å². The van der Waals surface area contributed by atoms with E-state index in [4.69, 9.17) is 0 Å². The smallest absolute Gasteiger partial charge is 0.224 e. The number of rotatable bonds is 10. The minimum absolute atomic E-state index is 0.146. The molecular formula is C22H32F2N6O. The first-order valence-electron chi connectivity index (χ1n) is 10.9. The van der Waals surface area contributed by atoms with E-state index in [0.717, 1.165) is 36.9 Å². The van der Waals surface area contributed by atoms with Gasteiger partial charge in [-0.1, -0.05) is 6.92 Å². The summed E-state index contributed by atoms with van der Waals surface area (Å²) in [5, 5.41) is 16.2. The molecule has 1 saturated carbocycles. The van der Waals surface area contributed by atoms with E-state index in [9.17, 15) is 13.9 Å². The van der Waals surface area contributed by atoms with Gasteiger partial charge >= 0.3 is 0 Å². The first-order valence-corrected chi connectivity index (χ1v) is 10.9. The summed E-state index contributed by atoms with van der Waals surface area (Å²) in [5.74, 6) is 0.965. The third-order valence-electron chi connectivity index (χ3n) is 5.63. The lowest BCUT2D eigenvalue weighted by atomic mass is 9.93. The zero-order chi connectivity index (χ0) is 22.2. The van der Waals surface area contributed by atoms with Gasteiger partial charge in [0.1, 0.15) is 18.7 Å². The topological polar surface area (TPSA) is 86.2 Å². The summed E-state index contributed by atoms with van der Waals surface area (Å²) in [5.41, 5.74) is 2.24. The molecule has 3 rings (SSSR count). The number of nitrogens with zero attached hydrogens (tertiary/aromatic N) is 4. The molecule has 31 heavy (non-hydrogen) atoms. The number of alkyl halides is 2. The van der Waals surface area contributed by atoms with Crippen LogP contribution in [-0.4, -0.2) is 65.2 Å². The van der Waals surface area contributed by atoms with Crippen LogP contribution in [0.3, 0.4) is 0 Å². The van der Waals surface area contributed by atoms with Crippen molar-refractivity contribution in [2.45, 2.75) is 57.3 Å². The minimum Gasteiger partial charge on any atom is -0.393 e. The highest BCUT2D eigenvalue weighted by Gasteiger charge is 2.22. The van der Waals surface area contributed by atoms with Crippen LogP contribution in [0, 0.1) is 0 Å². The Hall–Kier alpha value is -2.55. The summed E-state index contributed by atoms with van der Waals surface area (Å²) in [6.07, 6.45) is 5.71. The van der Waals surface area contributed by atoms with Gasteiger partial charge in [0.05, 0.1) is 17.4 Å². The van der Waals surface area contributed by atoms with E-state index in [2.05, 4.69) is 25.6 Å². The molecule has 0 amide bonds. The summed E-state index contributed by atoms with van der Waals surface area (Å²) in [6, 6.07) is 3.88. The van der Waals surface area contributed by atoms with Gasteiger partial charge in [-0.25, -0.2) is 13.8 Å². The highest BCUT2D eigenvalue weighted by Crippen LogP contribution is 2.30. The number of hydrogen-bond acceptors (Lipinski definition) is 7.